The first-order valence-corrected chi connectivity index (χ1v) is 3.62. The standard InChI is InChI=1S/C7H8N4/c1-2-6-5-3-10-11-7(5)9-4-8-6/h3-4,6H,2H2,1H3. The van der Waals surface area contributed by atoms with Crippen molar-refractivity contribution in [2.45, 2.75) is 19.4 Å². The quantitative estimate of drug-likeness (QED) is 0.541. The van der Waals surface area contributed by atoms with Crippen LogP contribution in [-0.2, 0) is 0 Å². The smallest absolute Gasteiger partial charge is 0.182 e. The van der Waals surface area contributed by atoms with Crippen molar-refractivity contribution >= 4 is 12.2 Å². The number of rotatable bonds is 1. The van der Waals surface area contributed by atoms with Crippen LogP contribution in [0.15, 0.2) is 32.0 Å². The molecule has 2 heterocycles. The third-order valence-electron chi connectivity index (χ3n) is 1.78. The minimum atomic E-state index is 0.220. The minimum absolute atomic E-state index is 0.220. The summed E-state index contributed by atoms with van der Waals surface area (Å²) in [5.74, 6) is 0.729. The molecule has 0 radical (unpaired) electrons. The highest BCUT2D eigenvalue weighted by molar-refractivity contribution is 6.05. The zero-order valence-corrected chi connectivity index (χ0v) is 6.23. The normalized spacial score (nSPS) is 26.5. The second-order valence-corrected chi connectivity index (χ2v) is 2.44. The Morgan fingerprint density at radius 1 is 1.55 bits per heavy atom. The van der Waals surface area contributed by atoms with Crippen LogP contribution in [-0.4, -0.2) is 18.2 Å². The Morgan fingerprint density at radius 2 is 2.45 bits per heavy atom. The molecule has 0 aromatic rings. The van der Waals surface area contributed by atoms with Gasteiger partial charge in [0.1, 0.15) is 6.34 Å². The van der Waals surface area contributed by atoms with E-state index in [1.165, 1.54) is 0 Å². The predicted octanol–water partition coefficient (Wildman–Crippen LogP) is 1.56. The number of hydrogen-bond donors (Lipinski definition) is 0. The first-order valence-electron chi connectivity index (χ1n) is 3.62. The molecule has 1 unspecified atom stereocenters. The third kappa shape index (κ3) is 0.906. The van der Waals surface area contributed by atoms with Crippen molar-refractivity contribution in [1.82, 2.24) is 0 Å². The fourth-order valence-corrected chi connectivity index (χ4v) is 1.17. The molecule has 11 heavy (non-hydrogen) atoms. The van der Waals surface area contributed by atoms with Crippen LogP contribution in [0.25, 0.3) is 0 Å². The summed E-state index contributed by atoms with van der Waals surface area (Å²) >= 11 is 0. The molecule has 56 valence electrons. The van der Waals surface area contributed by atoms with Gasteiger partial charge in [0.15, 0.2) is 5.84 Å². The van der Waals surface area contributed by atoms with E-state index in [0.29, 0.717) is 0 Å². The molecule has 4 nitrogen and oxygen atoms in total. The summed E-state index contributed by atoms with van der Waals surface area (Å²) in [5.41, 5.74) is 1.05. The molecule has 0 aromatic heterocycles. The number of nitrogens with zero attached hydrogens (tertiary/aromatic N) is 4. The number of hydrogen-bond acceptors (Lipinski definition) is 4. The highest BCUT2D eigenvalue weighted by Gasteiger charge is 2.21. The molecule has 4 heteroatoms. The Hall–Kier alpha value is -1.32. The van der Waals surface area contributed by atoms with Gasteiger partial charge in [-0.2, -0.15) is 5.11 Å². The number of aliphatic imine (C=N–C) groups is 2. The van der Waals surface area contributed by atoms with E-state index in [0.717, 1.165) is 17.8 Å². The van der Waals surface area contributed by atoms with Crippen molar-refractivity contribution in [3.63, 3.8) is 0 Å². The van der Waals surface area contributed by atoms with Crippen molar-refractivity contribution in [3.8, 4) is 0 Å². The number of fused-ring (bicyclic) bond motifs is 1. The molecule has 0 amide bonds. The monoisotopic (exact) mass is 148 g/mol. The molecule has 2 rings (SSSR count). The first-order chi connectivity index (χ1) is 5.42. The van der Waals surface area contributed by atoms with Crippen LogP contribution in [0.4, 0.5) is 0 Å². The van der Waals surface area contributed by atoms with Crippen molar-refractivity contribution in [2.75, 3.05) is 0 Å². The van der Waals surface area contributed by atoms with Crippen LogP contribution in [0, 0.1) is 0 Å². The maximum Gasteiger partial charge on any atom is 0.182 e. The lowest BCUT2D eigenvalue weighted by Crippen LogP contribution is -2.16. The zero-order valence-electron chi connectivity index (χ0n) is 6.23. The Labute approximate surface area is 64.5 Å². The topological polar surface area (TPSA) is 49.4 Å². The molecular formula is C7H8N4. The van der Waals surface area contributed by atoms with Gasteiger partial charge in [-0.1, -0.05) is 6.92 Å². The second kappa shape index (κ2) is 2.38. The molecule has 2 aliphatic heterocycles. The first kappa shape index (κ1) is 6.39. The second-order valence-electron chi connectivity index (χ2n) is 2.44. The van der Waals surface area contributed by atoms with Gasteiger partial charge in [-0.25, -0.2) is 4.99 Å². The van der Waals surface area contributed by atoms with Gasteiger partial charge in [0.2, 0.25) is 0 Å². The van der Waals surface area contributed by atoms with Gasteiger partial charge in [-0.05, 0) is 6.42 Å². The maximum atomic E-state index is 4.19. The summed E-state index contributed by atoms with van der Waals surface area (Å²) in [6.45, 7) is 2.09. The van der Waals surface area contributed by atoms with E-state index in [4.69, 9.17) is 0 Å². The van der Waals surface area contributed by atoms with Gasteiger partial charge in [0.25, 0.3) is 0 Å². The van der Waals surface area contributed by atoms with Crippen LogP contribution >= 0.6 is 0 Å². The SMILES string of the molecule is CCC1N=CN=C2N=NC=C21. The molecule has 0 bridgehead atoms. The Kier molecular flexibility index (Phi) is 1.38. The van der Waals surface area contributed by atoms with Crippen molar-refractivity contribution < 1.29 is 0 Å². The highest BCUT2D eigenvalue weighted by atomic mass is 15.2. The van der Waals surface area contributed by atoms with E-state index in [1.807, 2.05) is 0 Å². The van der Waals surface area contributed by atoms with Gasteiger partial charge in [0, 0.05) is 5.57 Å². The zero-order chi connectivity index (χ0) is 7.68. The van der Waals surface area contributed by atoms with Gasteiger partial charge >= 0.3 is 0 Å². The lowest BCUT2D eigenvalue weighted by Gasteiger charge is -2.12. The fraction of sp³-hybridized carbons (Fsp3) is 0.429. The van der Waals surface area contributed by atoms with E-state index in [1.54, 1.807) is 12.5 Å². The summed E-state index contributed by atoms with van der Waals surface area (Å²) in [4.78, 5) is 8.18. The van der Waals surface area contributed by atoms with E-state index >= 15 is 0 Å². The van der Waals surface area contributed by atoms with Crippen molar-refractivity contribution in [3.05, 3.63) is 11.8 Å². The van der Waals surface area contributed by atoms with Gasteiger partial charge in [-0.3, -0.25) is 4.99 Å². The average Bonchev–Trinajstić information content (AvgIpc) is 2.50. The predicted molar refractivity (Wildman–Crippen MR) is 42.9 cm³/mol. The fourth-order valence-electron chi connectivity index (χ4n) is 1.17. The maximum absolute atomic E-state index is 4.19. The van der Waals surface area contributed by atoms with E-state index in [9.17, 15) is 0 Å². The summed E-state index contributed by atoms with van der Waals surface area (Å²) < 4.78 is 0. The lowest BCUT2D eigenvalue weighted by molar-refractivity contribution is 0.762. The van der Waals surface area contributed by atoms with Crippen LogP contribution in [0.1, 0.15) is 13.3 Å². The molecule has 1 atom stereocenters. The minimum Gasteiger partial charge on any atom is -0.265 e. The van der Waals surface area contributed by atoms with Crippen LogP contribution in [0.2, 0.25) is 0 Å². The van der Waals surface area contributed by atoms with Gasteiger partial charge < -0.3 is 0 Å². The molecule has 0 saturated carbocycles. The molecule has 0 N–H and O–H groups in total. The van der Waals surface area contributed by atoms with E-state index in [-0.39, 0.29) is 6.04 Å². The third-order valence-corrected chi connectivity index (χ3v) is 1.78. The van der Waals surface area contributed by atoms with Crippen LogP contribution < -0.4 is 0 Å². The van der Waals surface area contributed by atoms with Crippen LogP contribution in [0.3, 0.4) is 0 Å². The van der Waals surface area contributed by atoms with Gasteiger partial charge in [0.05, 0.1) is 12.2 Å². The number of azo groups is 1. The molecule has 2 aliphatic rings. The molecule has 0 aromatic carbocycles. The largest absolute Gasteiger partial charge is 0.265 e. The highest BCUT2D eigenvalue weighted by Crippen LogP contribution is 2.20. The van der Waals surface area contributed by atoms with Gasteiger partial charge in [-0.15, -0.1) is 5.11 Å². The molecule has 0 saturated heterocycles. The Bertz CT molecular complexity index is 285. The van der Waals surface area contributed by atoms with Crippen molar-refractivity contribution in [2.24, 2.45) is 20.2 Å². The Morgan fingerprint density at radius 3 is 3.27 bits per heavy atom. The van der Waals surface area contributed by atoms with Crippen LogP contribution in [0.5, 0.6) is 0 Å². The molecule has 0 fully saturated rings. The van der Waals surface area contributed by atoms with E-state index in [2.05, 4.69) is 27.1 Å². The summed E-state index contributed by atoms with van der Waals surface area (Å²) in [6, 6.07) is 0.220. The Balaban J connectivity index is 2.34. The molecular weight excluding hydrogens is 140 g/mol. The van der Waals surface area contributed by atoms with E-state index < -0.39 is 0 Å². The lowest BCUT2D eigenvalue weighted by atomic mass is 10.1. The number of amidine groups is 1. The summed E-state index contributed by atoms with van der Waals surface area (Å²) in [7, 11) is 0. The van der Waals surface area contributed by atoms with Crippen molar-refractivity contribution in [1.29, 1.82) is 0 Å². The molecule has 0 spiro atoms. The molecule has 0 aliphatic carbocycles. The summed E-state index contributed by atoms with van der Waals surface area (Å²) in [5, 5.41) is 7.63. The summed E-state index contributed by atoms with van der Waals surface area (Å²) in [6.07, 6.45) is 4.28. The average molecular weight is 148 g/mol.